The third kappa shape index (κ3) is 3.84. The van der Waals surface area contributed by atoms with Crippen molar-refractivity contribution < 1.29 is 22.8 Å². The Bertz CT molecular complexity index is 852. The molecular weight excluding hydrogens is 347 g/mol. The molecule has 1 saturated carbocycles. The third-order valence-corrected chi connectivity index (χ3v) is 4.23. The maximum Gasteiger partial charge on any atom is 0.270 e. The molecule has 2 aromatic rings. The van der Waals surface area contributed by atoms with Crippen LogP contribution in [0.3, 0.4) is 0 Å². The van der Waals surface area contributed by atoms with E-state index >= 15 is 0 Å². The largest absolute Gasteiger partial charge is 0.348 e. The molecule has 0 spiro atoms. The van der Waals surface area contributed by atoms with Crippen molar-refractivity contribution in [2.75, 3.05) is 5.32 Å². The Balaban J connectivity index is 1.74. The molecule has 2 N–H and O–H groups in total. The van der Waals surface area contributed by atoms with Crippen molar-refractivity contribution in [3.63, 3.8) is 0 Å². The van der Waals surface area contributed by atoms with E-state index in [0.717, 1.165) is 31.7 Å². The van der Waals surface area contributed by atoms with Crippen molar-refractivity contribution in [1.29, 1.82) is 0 Å². The standard InChI is InChI=1S/C18H16F3N3O2/c19-12-5-6-13(16(21)15(12)20)24-17(25)10-7-8-22-14(9-10)18(26)23-11-3-1-2-4-11/h5-9,11H,1-4H2,(H,23,26)(H,24,25). The van der Waals surface area contributed by atoms with Crippen LogP contribution in [0.5, 0.6) is 0 Å². The zero-order valence-corrected chi connectivity index (χ0v) is 13.7. The Morgan fingerprint density at radius 1 is 1.00 bits per heavy atom. The van der Waals surface area contributed by atoms with Gasteiger partial charge in [-0.1, -0.05) is 12.8 Å². The van der Waals surface area contributed by atoms with Gasteiger partial charge in [-0.3, -0.25) is 14.6 Å². The van der Waals surface area contributed by atoms with E-state index in [4.69, 9.17) is 0 Å². The minimum absolute atomic E-state index is 0.0423. The Hall–Kier alpha value is -2.90. The maximum absolute atomic E-state index is 13.7. The number of hydrogen-bond donors (Lipinski definition) is 2. The number of benzene rings is 1. The van der Waals surface area contributed by atoms with Crippen molar-refractivity contribution in [3.05, 3.63) is 59.2 Å². The Labute approximate surface area is 147 Å². The van der Waals surface area contributed by atoms with Crippen LogP contribution < -0.4 is 10.6 Å². The number of pyridine rings is 1. The number of aromatic nitrogens is 1. The van der Waals surface area contributed by atoms with Gasteiger partial charge in [0.15, 0.2) is 17.5 Å². The van der Waals surface area contributed by atoms with Gasteiger partial charge in [0.05, 0.1) is 5.69 Å². The molecule has 0 saturated heterocycles. The number of carbonyl (C=O) groups excluding carboxylic acids is 2. The average Bonchev–Trinajstić information content (AvgIpc) is 3.15. The SMILES string of the molecule is O=C(Nc1ccc(F)c(F)c1F)c1ccnc(C(=O)NC2CCCC2)c1. The van der Waals surface area contributed by atoms with Gasteiger partial charge in [0.2, 0.25) is 0 Å². The lowest BCUT2D eigenvalue weighted by molar-refractivity contribution is 0.0933. The quantitative estimate of drug-likeness (QED) is 0.818. The number of carbonyl (C=O) groups is 2. The van der Waals surface area contributed by atoms with Crippen LogP contribution in [0.1, 0.15) is 46.5 Å². The predicted octanol–water partition coefficient (Wildman–Crippen LogP) is 3.42. The van der Waals surface area contributed by atoms with Gasteiger partial charge in [-0.25, -0.2) is 13.2 Å². The number of nitrogens with zero attached hydrogens (tertiary/aromatic N) is 1. The van der Waals surface area contributed by atoms with Crippen LogP contribution in [-0.4, -0.2) is 22.8 Å². The summed E-state index contributed by atoms with van der Waals surface area (Å²) in [5, 5.41) is 5.00. The Kier molecular flexibility index (Phi) is 5.20. The maximum atomic E-state index is 13.7. The summed E-state index contributed by atoms with van der Waals surface area (Å²) < 4.78 is 39.9. The number of halogens is 3. The van der Waals surface area contributed by atoms with E-state index in [1.165, 1.54) is 18.3 Å². The fourth-order valence-electron chi connectivity index (χ4n) is 2.84. The Morgan fingerprint density at radius 2 is 1.73 bits per heavy atom. The van der Waals surface area contributed by atoms with Crippen molar-refractivity contribution >= 4 is 17.5 Å². The molecule has 136 valence electrons. The van der Waals surface area contributed by atoms with E-state index in [2.05, 4.69) is 15.6 Å². The van der Waals surface area contributed by atoms with Crippen LogP contribution in [-0.2, 0) is 0 Å². The van der Waals surface area contributed by atoms with Crippen molar-refractivity contribution in [1.82, 2.24) is 10.3 Å². The third-order valence-electron chi connectivity index (χ3n) is 4.23. The molecule has 0 bridgehead atoms. The van der Waals surface area contributed by atoms with Crippen LogP contribution in [0.4, 0.5) is 18.9 Å². The number of hydrogen-bond acceptors (Lipinski definition) is 3. The fourth-order valence-corrected chi connectivity index (χ4v) is 2.84. The molecule has 1 heterocycles. The second-order valence-corrected chi connectivity index (χ2v) is 6.06. The van der Waals surface area contributed by atoms with Gasteiger partial charge >= 0.3 is 0 Å². The highest BCUT2D eigenvalue weighted by molar-refractivity contribution is 6.05. The lowest BCUT2D eigenvalue weighted by Gasteiger charge is -2.12. The topological polar surface area (TPSA) is 71.1 Å². The summed E-state index contributed by atoms with van der Waals surface area (Å²) in [4.78, 5) is 28.4. The van der Waals surface area contributed by atoms with E-state index in [1.807, 2.05) is 0 Å². The smallest absolute Gasteiger partial charge is 0.270 e. The first kappa shape index (κ1) is 17.9. The molecule has 1 fully saturated rings. The minimum atomic E-state index is -1.67. The molecular formula is C18H16F3N3O2. The molecule has 0 radical (unpaired) electrons. The molecule has 5 nitrogen and oxygen atoms in total. The molecule has 1 aliphatic carbocycles. The Morgan fingerprint density at radius 3 is 2.46 bits per heavy atom. The number of amides is 2. The van der Waals surface area contributed by atoms with E-state index in [9.17, 15) is 22.8 Å². The van der Waals surface area contributed by atoms with E-state index in [1.54, 1.807) is 0 Å². The molecule has 26 heavy (non-hydrogen) atoms. The first-order chi connectivity index (χ1) is 12.5. The van der Waals surface area contributed by atoms with E-state index < -0.39 is 35.0 Å². The second kappa shape index (κ2) is 7.55. The summed E-state index contributed by atoms with van der Waals surface area (Å²) in [6, 6.07) is 4.32. The summed E-state index contributed by atoms with van der Waals surface area (Å²) in [6.45, 7) is 0. The lowest BCUT2D eigenvalue weighted by Crippen LogP contribution is -2.33. The number of rotatable bonds is 4. The van der Waals surface area contributed by atoms with E-state index in [-0.39, 0.29) is 17.3 Å². The zero-order valence-electron chi connectivity index (χ0n) is 13.7. The summed E-state index contributed by atoms with van der Waals surface area (Å²) >= 11 is 0. The first-order valence-corrected chi connectivity index (χ1v) is 8.17. The molecule has 0 unspecified atom stereocenters. The van der Waals surface area contributed by atoms with E-state index in [0.29, 0.717) is 6.07 Å². The van der Waals surface area contributed by atoms with Gasteiger partial charge in [-0.2, -0.15) is 0 Å². The molecule has 2 amide bonds. The normalized spacial score (nSPS) is 14.3. The molecule has 0 atom stereocenters. The highest BCUT2D eigenvalue weighted by Gasteiger charge is 2.20. The van der Waals surface area contributed by atoms with Crippen LogP contribution in [0.25, 0.3) is 0 Å². The van der Waals surface area contributed by atoms with Crippen molar-refractivity contribution in [3.8, 4) is 0 Å². The van der Waals surface area contributed by atoms with Crippen LogP contribution in [0.15, 0.2) is 30.5 Å². The zero-order chi connectivity index (χ0) is 18.7. The number of anilines is 1. The summed E-state index contributed by atoms with van der Waals surface area (Å²) in [6.07, 6.45) is 5.20. The summed E-state index contributed by atoms with van der Waals surface area (Å²) in [5.74, 6) is -5.69. The van der Waals surface area contributed by atoms with Crippen molar-refractivity contribution in [2.24, 2.45) is 0 Å². The van der Waals surface area contributed by atoms with Gasteiger partial charge < -0.3 is 10.6 Å². The van der Waals surface area contributed by atoms with Crippen molar-refractivity contribution in [2.45, 2.75) is 31.7 Å². The fraction of sp³-hybridized carbons (Fsp3) is 0.278. The molecule has 1 aromatic heterocycles. The second-order valence-electron chi connectivity index (χ2n) is 6.06. The van der Waals surface area contributed by atoms with Gasteiger partial charge in [0.25, 0.3) is 11.8 Å². The van der Waals surface area contributed by atoms with Gasteiger partial charge in [-0.05, 0) is 37.1 Å². The molecule has 1 aliphatic rings. The summed E-state index contributed by atoms with van der Waals surface area (Å²) in [7, 11) is 0. The highest BCUT2D eigenvalue weighted by Crippen LogP contribution is 2.21. The molecule has 3 rings (SSSR count). The van der Waals surface area contributed by atoms with Crippen LogP contribution >= 0.6 is 0 Å². The number of nitrogens with one attached hydrogen (secondary N) is 2. The minimum Gasteiger partial charge on any atom is -0.348 e. The first-order valence-electron chi connectivity index (χ1n) is 8.17. The highest BCUT2D eigenvalue weighted by atomic mass is 19.2. The lowest BCUT2D eigenvalue weighted by atomic mass is 10.2. The van der Waals surface area contributed by atoms with Crippen LogP contribution in [0.2, 0.25) is 0 Å². The average molecular weight is 363 g/mol. The van der Waals surface area contributed by atoms with Crippen LogP contribution in [0, 0.1) is 17.5 Å². The van der Waals surface area contributed by atoms with Gasteiger partial charge in [0, 0.05) is 17.8 Å². The molecule has 8 heteroatoms. The molecule has 0 aliphatic heterocycles. The monoisotopic (exact) mass is 363 g/mol. The predicted molar refractivity (Wildman–Crippen MR) is 88.2 cm³/mol. The molecule has 1 aromatic carbocycles. The van der Waals surface area contributed by atoms with Gasteiger partial charge in [-0.15, -0.1) is 0 Å². The van der Waals surface area contributed by atoms with Gasteiger partial charge in [0.1, 0.15) is 5.69 Å². The summed E-state index contributed by atoms with van der Waals surface area (Å²) in [5.41, 5.74) is -0.404.